The highest BCUT2D eigenvalue weighted by molar-refractivity contribution is 5.98. The SMILES string of the molecule is COc1cc(CN(CC(=O)O)C(=O)c2ccc(C(C)=O)cc2)cc(OC)c1. The van der Waals surface area contributed by atoms with Gasteiger partial charge in [0.15, 0.2) is 5.78 Å². The predicted octanol–water partition coefficient (Wildman–Crippen LogP) is 2.63. The van der Waals surface area contributed by atoms with E-state index in [-0.39, 0.29) is 12.3 Å². The number of aliphatic carboxylic acids is 1. The van der Waals surface area contributed by atoms with Crippen molar-refractivity contribution in [3.63, 3.8) is 0 Å². The van der Waals surface area contributed by atoms with Gasteiger partial charge in [-0.3, -0.25) is 14.4 Å². The number of carbonyl (C=O) groups is 3. The van der Waals surface area contributed by atoms with E-state index < -0.39 is 18.4 Å². The molecule has 7 nitrogen and oxygen atoms in total. The predicted molar refractivity (Wildman–Crippen MR) is 98.4 cm³/mol. The Morgan fingerprint density at radius 1 is 0.926 bits per heavy atom. The van der Waals surface area contributed by atoms with E-state index in [0.717, 1.165) is 0 Å². The molecule has 0 aliphatic carbocycles. The van der Waals surface area contributed by atoms with Crippen LogP contribution in [-0.2, 0) is 11.3 Å². The molecule has 0 saturated carbocycles. The summed E-state index contributed by atoms with van der Waals surface area (Å²) < 4.78 is 10.4. The molecule has 7 heteroatoms. The number of Topliss-reactive ketones (excluding diaryl/α,β-unsaturated/α-hetero) is 1. The molecule has 1 amide bonds. The van der Waals surface area contributed by atoms with E-state index in [0.29, 0.717) is 28.2 Å². The average Bonchev–Trinajstić information content (AvgIpc) is 2.66. The monoisotopic (exact) mass is 371 g/mol. The first-order chi connectivity index (χ1) is 12.8. The molecule has 0 saturated heterocycles. The largest absolute Gasteiger partial charge is 0.497 e. The van der Waals surface area contributed by atoms with Gasteiger partial charge in [0.05, 0.1) is 14.2 Å². The van der Waals surface area contributed by atoms with Gasteiger partial charge in [-0.1, -0.05) is 12.1 Å². The smallest absolute Gasteiger partial charge is 0.323 e. The topological polar surface area (TPSA) is 93.1 Å². The number of hydrogen-bond donors (Lipinski definition) is 1. The van der Waals surface area contributed by atoms with Gasteiger partial charge >= 0.3 is 5.97 Å². The molecule has 0 spiro atoms. The van der Waals surface area contributed by atoms with Gasteiger partial charge in [0.25, 0.3) is 5.91 Å². The molecule has 0 aliphatic heterocycles. The molecule has 0 heterocycles. The molecule has 0 radical (unpaired) electrons. The van der Waals surface area contributed by atoms with Gasteiger partial charge in [0.1, 0.15) is 18.0 Å². The molecule has 2 aromatic carbocycles. The van der Waals surface area contributed by atoms with Crippen molar-refractivity contribution in [3.05, 3.63) is 59.2 Å². The molecule has 0 unspecified atom stereocenters. The van der Waals surface area contributed by atoms with Crippen LogP contribution in [0.25, 0.3) is 0 Å². The molecule has 2 rings (SSSR count). The maximum Gasteiger partial charge on any atom is 0.323 e. The number of carboxylic acids is 1. The van der Waals surface area contributed by atoms with Crippen molar-refractivity contribution in [1.82, 2.24) is 4.90 Å². The summed E-state index contributed by atoms with van der Waals surface area (Å²) in [6.45, 7) is 1.03. The minimum atomic E-state index is -1.13. The van der Waals surface area contributed by atoms with Crippen LogP contribution >= 0.6 is 0 Å². The highest BCUT2D eigenvalue weighted by Gasteiger charge is 2.20. The fourth-order valence-corrected chi connectivity index (χ4v) is 2.57. The molecule has 1 N–H and O–H groups in total. The minimum Gasteiger partial charge on any atom is -0.497 e. The standard InChI is InChI=1S/C20H21NO6/c1-13(22)15-4-6-16(7-5-15)20(25)21(12-19(23)24)11-14-8-17(26-2)10-18(9-14)27-3/h4-10H,11-12H2,1-3H3,(H,23,24). The van der Waals surface area contributed by atoms with Crippen LogP contribution in [0.4, 0.5) is 0 Å². The number of amides is 1. The first-order valence-electron chi connectivity index (χ1n) is 8.18. The number of nitrogens with zero attached hydrogens (tertiary/aromatic N) is 1. The maximum atomic E-state index is 12.8. The van der Waals surface area contributed by atoms with E-state index in [2.05, 4.69) is 0 Å². The quantitative estimate of drug-likeness (QED) is 0.717. The number of methoxy groups -OCH3 is 2. The molecular formula is C20H21NO6. The van der Waals surface area contributed by atoms with E-state index in [4.69, 9.17) is 9.47 Å². The number of carboxylic acid groups (broad SMARTS) is 1. The molecule has 142 valence electrons. The third-order valence-electron chi connectivity index (χ3n) is 3.94. The first kappa shape index (κ1) is 20.0. The Bertz CT molecular complexity index is 822. The Morgan fingerprint density at radius 3 is 1.89 bits per heavy atom. The zero-order valence-corrected chi connectivity index (χ0v) is 15.4. The lowest BCUT2D eigenvalue weighted by atomic mass is 10.1. The van der Waals surface area contributed by atoms with E-state index >= 15 is 0 Å². The van der Waals surface area contributed by atoms with Crippen molar-refractivity contribution in [1.29, 1.82) is 0 Å². The summed E-state index contributed by atoms with van der Waals surface area (Å²) in [5.41, 5.74) is 1.45. The van der Waals surface area contributed by atoms with Crippen molar-refractivity contribution in [2.75, 3.05) is 20.8 Å². The lowest BCUT2D eigenvalue weighted by Gasteiger charge is -2.21. The van der Waals surface area contributed by atoms with Gasteiger partial charge in [-0.05, 0) is 36.8 Å². The average molecular weight is 371 g/mol. The van der Waals surface area contributed by atoms with E-state index in [9.17, 15) is 19.5 Å². The number of rotatable bonds is 8. The highest BCUT2D eigenvalue weighted by atomic mass is 16.5. The van der Waals surface area contributed by atoms with Gasteiger partial charge in [-0.15, -0.1) is 0 Å². The second-order valence-corrected chi connectivity index (χ2v) is 5.91. The minimum absolute atomic E-state index is 0.0627. The molecule has 2 aromatic rings. The first-order valence-corrected chi connectivity index (χ1v) is 8.18. The van der Waals surface area contributed by atoms with Crippen LogP contribution in [0.15, 0.2) is 42.5 Å². The van der Waals surface area contributed by atoms with Gasteiger partial charge in [0.2, 0.25) is 0 Å². The summed E-state index contributed by atoms with van der Waals surface area (Å²) in [4.78, 5) is 36.6. The molecule has 0 bridgehead atoms. The van der Waals surface area contributed by atoms with Crippen LogP contribution in [0.2, 0.25) is 0 Å². The zero-order valence-electron chi connectivity index (χ0n) is 15.4. The number of hydrogen-bond acceptors (Lipinski definition) is 5. The second-order valence-electron chi connectivity index (χ2n) is 5.91. The van der Waals surface area contributed by atoms with Crippen LogP contribution in [-0.4, -0.2) is 48.4 Å². The Kier molecular flexibility index (Phi) is 6.54. The Balaban J connectivity index is 2.30. The van der Waals surface area contributed by atoms with Crippen molar-refractivity contribution < 1.29 is 29.0 Å². The number of ether oxygens (including phenoxy) is 2. The van der Waals surface area contributed by atoms with Crippen LogP contribution in [0.5, 0.6) is 11.5 Å². The summed E-state index contributed by atoms with van der Waals surface area (Å²) in [7, 11) is 3.02. The number of carbonyl (C=O) groups excluding carboxylic acids is 2. The van der Waals surface area contributed by atoms with E-state index in [1.165, 1.54) is 38.2 Å². The van der Waals surface area contributed by atoms with Crippen molar-refractivity contribution >= 4 is 17.7 Å². The van der Waals surface area contributed by atoms with Crippen LogP contribution in [0.1, 0.15) is 33.2 Å². The summed E-state index contributed by atoms with van der Waals surface area (Å²) in [5.74, 6) is -0.608. The van der Waals surface area contributed by atoms with Crippen LogP contribution < -0.4 is 9.47 Å². The van der Waals surface area contributed by atoms with E-state index in [1.807, 2.05) is 0 Å². The summed E-state index contributed by atoms with van der Waals surface area (Å²) in [6, 6.07) is 11.2. The molecule has 0 aromatic heterocycles. The van der Waals surface area contributed by atoms with Crippen molar-refractivity contribution in [3.8, 4) is 11.5 Å². The lowest BCUT2D eigenvalue weighted by Crippen LogP contribution is -2.35. The second kappa shape index (κ2) is 8.84. The van der Waals surface area contributed by atoms with Gasteiger partial charge in [-0.2, -0.15) is 0 Å². The normalized spacial score (nSPS) is 10.2. The van der Waals surface area contributed by atoms with Crippen molar-refractivity contribution in [2.45, 2.75) is 13.5 Å². The zero-order chi connectivity index (χ0) is 20.0. The molecule has 0 fully saturated rings. The molecule has 0 aliphatic rings. The van der Waals surface area contributed by atoms with Crippen molar-refractivity contribution in [2.24, 2.45) is 0 Å². The Morgan fingerprint density at radius 2 is 1.44 bits per heavy atom. The lowest BCUT2D eigenvalue weighted by molar-refractivity contribution is -0.137. The fourth-order valence-electron chi connectivity index (χ4n) is 2.57. The van der Waals surface area contributed by atoms with Crippen LogP contribution in [0.3, 0.4) is 0 Å². The number of ketones is 1. The summed E-state index contributed by atoms with van der Waals surface area (Å²) in [6.07, 6.45) is 0. The highest BCUT2D eigenvalue weighted by Crippen LogP contribution is 2.24. The van der Waals surface area contributed by atoms with Crippen LogP contribution in [0, 0.1) is 0 Å². The molecule has 0 atom stereocenters. The van der Waals surface area contributed by atoms with Gasteiger partial charge < -0.3 is 19.5 Å². The Hall–Kier alpha value is -3.35. The maximum absolute atomic E-state index is 12.8. The van der Waals surface area contributed by atoms with Gasteiger partial charge in [0, 0.05) is 23.7 Å². The third kappa shape index (κ3) is 5.31. The van der Waals surface area contributed by atoms with E-state index in [1.54, 1.807) is 30.3 Å². The Labute approximate surface area is 157 Å². The summed E-state index contributed by atoms with van der Waals surface area (Å²) >= 11 is 0. The molecule has 27 heavy (non-hydrogen) atoms. The number of benzene rings is 2. The third-order valence-corrected chi connectivity index (χ3v) is 3.94. The summed E-state index contributed by atoms with van der Waals surface area (Å²) in [5, 5.41) is 9.19. The van der Waals surface area contributed by atoms with Gasteiger partial charge in [-0.25, -0.2) is 0 Å². The molecular weight excluding hydrogens is 350 g/mol. The fraction of sp³-hybridized carbons (Fsp3) is 0.250.